The Balaban J connectivity index is 2.47. The molecule has 3 nitrogen and oxygen atoms in total. The maximum absolute atomic E-state index is 13.1. The lowest BCUT2D eigenvalue weighted by Crippen LogP contribution is -2.40. The number of ether oxygens (including phenoxy) is 1. The quantitative estimate of drug-likeness (QED) is 0.366. The molecule has 0 spiro atoms. The minimum Gasteiger partial charge on any atom is -0.478 e. The molecule has 1 heterocycles. The van der Waals surface area contributed by atoms with Gasteiger partial charge in [-0.15, -0.1) is 11.8 Å². The highest BCUT2D eigenvalue weighted by Gasteiger charge is 2.48. The van der Waals surface area contributed by atoms with Crippen LogP contribution in [-0.2, 0) is 9.22 Å². The van der Waals surface area contributed by atoms with E-state index in [1.165, 1.54) is 0 Å². The first-order chi connectivity index (χ1) is 11.1. The molecule has 0 bridgehead atoms. The number of halogens is 4. The fourth-order valence-corrected chi connectivity index (χ4v) is 4.10. The number of carbonyl (C=O) groups is 1. The van der Waals surface area contributed by atoms with Crippen LogP contribution >= 0.6 is 34.4 Å². The van der Waals surface area contributed by atoms with E-state index in [-0.39, 0.29) is 5.75 Å². The largest absolute Gasteiger partial charge is 0.478 e. The van der Waals surface area contributed by atoms with Gasteiger partial charge < -0.3 is 9.84 Å². The highest BCUT2D eigenvalue weighted by Crippen LogP contribution is 2.41. The van der Waals surface area contributed by atoms with Crippen LogP contribution in [0.5, 0.6) is 5.75 Å². The summed E-state index contributed by atoms with van der Waals surface area (Å²) in [7, 11) is 0. The van der Waals surface area contributed by atoms with Crippen LogP contribution in [-0.4, -0.2) is 29.1 Å². The first kappa shape index (κ1) is 19.4. The third-order valence-corrected chi connectivity index (χ3v) is 5.64. The van der Waals surface area contributed by atoms with Gasteiger partial charge in [-0.3, -0.25) is 0 Å². The van der Waals surface area contributed by atoms with E-state index in [9.17, 15) is 18.0 Å². The maximum Gasteiger partial charge on any atom is 0.430 e. The van der Waals surface area contributed by atoms with E-state index in [2.05, 4.69) is 36.4 Å². The molecule has 1 aliphatic heterocycles. The molecule has 0 fully saturated rings. The number of carboxylic acids is 1. The predicted octanol–water partition coefficient (Wildman–Crippen LogP) is 5.16. The molecule has 0 aliphatic carbocycles. The molecule has 8 heteroatoms. The Hall–Kier alpha value is -0.900. The van der Waals surface area contributed by atoms with Crippen LogP contribution in [0.2, 0.25) is 0 Å². The zero-order chi connectivity index (χ0) is 18.1. The number of benzene rings is 1. The van der Waals surface area contributed by atoms with Gasteiger partial charge in [-0.1, -0.05) is 36.4 Å². The second-order valence-corrected chi connectivity index (χ2v) is 7.61. The van der Waals surface area contributed by atoms with Gasteiger partial charge in [0.15, 0.2) is 0 Å². The monoisotopic (exact) mass is 472 g/mol. The Morgan fingerprint density at radius 2 is 2.08 bits per heavy atom. The number of fused-ring (bicyclic) bond motifs is 1. The van der Waals surface area contributed by atoms with Gasteiger partial charge in [0, 0.05) is 20.6 Å². The fourth-order valence-electron chi connectivity index (χ4n) is 2.19. The second kappa shape index (κ2) is 7.55. The minimum atomic E-state index is -4.78. The van der Waals surface area contributed by atoms with Crippen molar-refractivity contribution in [2.45, 2.75) is 35.5 Å². The molecule has 0 aromatic heterocycles. The van der Waals surface area contributed by atoms with Crippen LogP contribution in [0.4, 0.5) is 13.2 Å². The molecular formula is C16H16F3IO3S. The topological polar surface area (TPSA) is 46.5 Å². The molecule has 0 amide bonds. The van der Waals surface area contributed by atoms with Crippen molar-refractivity contribution in [2.24, 2.45) is 5.92 Å². The van der Waals surface area contributed by atoms with Crippen LogP contribution in [0.3, 0.4) is 0 Å². The van der Waals surface area contributed by atoms with E-state index in [0.29, 0.717) is 15.9 Å². The standard InChI is InChI=1S/C16H16F3IO3S/c1-8(2)7-24-13-5-12-9(3-10(13)6-20)4-11(15(21)22)14(23-12)16(17,18)19/h3-5,8,14H,6-7H2,1-2H3,(H,21,22). The van der Waals surface area contributed by atoms with Gasteiger partial charge in [0.2, 0.25) is 6.10 Å². The van der Waals surface area contributed by atoms with Gasteiger partial charge in [0.25, 0.3) is 0 Å². The van der Waals surface area contributed by atoms with Crippen LogP contribution < -0.4 is 4.74 Å². The second-order valence-electron chi connectivity index (χ2n) is 5.78. The third-order valence-electron chi connectivity index (χ3n) is 3.29. The third kappa shape index (κ3) is 4.38. The van der Waals surface area contributed by atoms with Gasteiger partial charge >= 0.3 is 12.1 Å². The van der Waals surface area contributed by atoms with Gasteiger partial charge in [0.05, 0.1) is 5.57 Å². The molecule has 1 aliphatic rings. The smallest absolute Gasteiger partial charge is 0.430 e. The van der Waals surface area contributed by atoms with Crippen molar-refractivity contribution < 1.29 is 27.8 Å². The Labute approximate surface area is 155 Å². The summed E-state index contributed by atoms with van der Waals surface area (Å²) in [6.45, 7) is 4.13. The Kier molecular flexibility index (Phi) is 6.11. The summed E-state index contributed by atoms with van der Waals surface area (Å²) in [5, 5.41) is 9.07. The molecule has 0 radical (unpaired) electrons. The van der Waals surface area contributed by atoms with Crippen molar-refractivity contribution in [1.29, 1.82) is 0 Å². The Morgan fingerprint density at radius 3 is 2.58 bits per heavy atom. The van der Waals surface area contributed by atoms with E-state index in [1.807, 2.05) is 0 Å². The summed E-state index contributed by atoms with van der Waals surface area (Å²) in [6.07, 6.45) is -6.17. The zero-order valence-electron chi connectivity index (χ0n) is 13.0. The number of alkyl halides is 4. The van der Waals surface area contributed by atoms with Crippen molar-refractivity contribution in [2.75, 3.05) is 5.75 Å². The van der Waals surface area contributed by atoms with Crippen LogP contribution in [0.1, 0.15) is 25.0 Å². The molecule has 0 saturated carbocycles. The van der Waals surface area contributed by atoms with Gasteiger partial charge in [-0.05, 0) is 29.7 Å². The first-order valence-corrected chi connectivity index (χ1v) is 9.68. The molecular weight excluding hydrogens is 456 g/mol. The lowest BCUT2D eigenvalue weighted by molar-refractivity contribution is -0.187. The zero-order valence-corrected chi connectivity index (χ0v) is 16.0. The summed E-state index contributed by atoms with van der Waals surface area (Å²) in [5.74, 6) is -0.281. The summed E-state index contributed by atoms with van der Waals surface area (Å²) in [6, 6.07) is 3.30. The Bertz CT molecular complexity index is 671. The first-order valence-electron chi connectivity index (χ1n) is 7.17. The van der Waals surface area contributed by atoms with Crippen molar-refractivity contribution >= 4 is 46.4 Å². The molecule has 1 unspecified atom stereocenters. The SMILES string of the molecule is CC(C)CSc1cc2c(cc1CI)C=C(C(=O)O)C(C(F)(F)F)O2. The number of carboxylic acid groups (broad SMARTS) is 1. The molecule has 2 rings (SSSR count). The van der Waals surface area contributed by atoms with Crippen molar-refractivity contribution in [3.05, 3.63) is 28.8 Å². The normalized spacial score (nSPS) is 17.3. The molecule has 24 heavy (non-hydrogen) atoms. The molecule has 1 aromatic rings. The highest BCUT2D eigenvalue weighted by molar-refractivity contribution is 14.1. The van der Waals surface area contributed by atoms with Crippen LogP contribution in [0.25, 0.3) is 6.08 Å². The molecule has 0 saturated heterocycles. The van der Waals surface area contributed by atoms with E-state index in [1.54, 1.807) is 23.9 Å². The lowest BCUT2D eigenvalue weighted by atomic mass is 10.00. The highest BCUT2D eigenvalue weighted by atomic mass is 127. The van der Waals surface area contributed by atoms with Crippen LogP contribution in [0.15, 0.2) is 22.6 Å². The van der Waals surface area contributed by atoms with Crippen molar-refractivity contribution in [3.8, 4) is 5.75 Å². The lowest BCUT2D eigenvalue weighted by Gasteiger charge is -2.28. The van der Waals surface area contributed by atoms with Gasteiger partial charge in [0.1, 0.15) is 5.75 Å². The fraction of sp³-hybridized carbons (Fsp3) is 0.438. The number of rotatable bonds is 5. The van der Waals surface area contributed by atoms with Crippen LogP contribution in [0, 0.1) is 5.92 Å². The average Bonchev–Trinajstić information content (AvgIpc) is 2.49. The van der Waals surface area contributed by atoms with Gasteiger partial charge in [-0.2, -0.15) is 13.2 Å². The maximum atomic E-state index is 13.1. The summed E-state index contributed by atoms with van der Waals surface area (Å²) >= 11 is 3.74. The van der Waals surface area contributed by atoms with E-state index < -0.39 is 23.8 Å². The number of hydrogen-bond donors (Lipinski definition) is 1. The van der Waals surface area contributed by atoms with Gasteiger partial charge in [-0.25, -0.2) is 4.79 Å². The van der Waals surface area contributed by atoms with E-state index in [0.717, 1.165) is 22.3 Å². The summed E-state index contributed by atoms with van der Waals surface area (Å²) in [5.41, 5.74) is 0.528. The molecule has 1 aromatic carbocycles. The summed E-state index contributed by atoms with van der Waals surface area (Å²) in [4.78, 5) is 12.0. The number of thioether (sulfide) groups is 1. The average molecular weight is 472 g/mol. The minimum absolute atomic E-state index is 0.0715. The molecule has 132 valence electrons. The van der Waals surface area contributed by atoms with Crippen molar-refractivity contribution in [3.63, 3.8) is 0 Å². The number of hydrogen-bond acceptors (Lipinski definition) is 3. The predicted molar refractivity (Wildman–Crippen MR) is 95.8 cm³/mol. The Morgan fingerprint density at radius 1 is 1.42 bits per heavy atom. The molecule has 1 atom stereocenters. The summed E-state index contributed by atoms with van der Waals surface area (Å²) < 4.78 is 45.0. The number of aliphatic carboxylic acids is 1. The molecule has 1 N–H and O–H groups in total. The van der Waals surface area contributed by atoms with E-state index in [4.69, 9.17) is 9.84 Å². The van der Waals surface area contributed by atoms with E-state index >= 15 is 0 Å². The van der Waals surface area contributed by atoms with Crippen molar-refractivity contribution in [1.82, 2.24) is 0 Å².